The summed E-state index contributed by atoms with van der Waals surface area (Å²) in [5, 5.41) is 0. The number of anilines is 1. The molecule has 0 N–H and O–H groups in total. The first-order valence-electron chi connectivity index (χ1n) is 9.39. The van der Waals surface area contributed by atoms with Gasteiger partial charge in [0.1, 0.15) is 17.9 Å². The lowest BCUT2D eigenvalue weighted by Crippen LogP contribution is -2.49. The third-order valence-corrected chi connectivity index (χ3v) is 4.75. The number of amides is 1. The van der Waals surface area contributed by atoms with Crippen molar-refractivity contribution in [2.75, 3.05) is 31.1 Å². The number of hydrogen-bond donors (Lipinski definition) is 0. The van der Waals surface area contributed by atoms with Gasteiger partial charge in [0.15, 0.2) is 0 Å². The van der Waals surface area contributed by atoms with Crippen molar-refractivity contribution in [2.45, 2.75) is 6.42 Å². The summed E-state index contributed by atoms with van der Waals surface area (Å²) in [7, 11) is 0. The molecule has 1 aliphatic rings. The lowest BCUT2D eigenvalue weighted by molar-refractivity contribution is -0.130. The van der Waals surface area contributed by atoms with Crippen LogP contribution in [0, 0.1) is 0 Å². The molecule has 1 amide bonds. The largest absolute Gasteiger partial charge is 0.439 e. The maximum Gasteiger partial charge on any atom is 0.227 e. The first-order chi connectivity index (χ1) is 13.8. The minimum atomic E-state index is 0.168. The van der Waals surface area contributed by atoms with Gasteiger partial charge in [-0.2, -0.15) is 0 Å². The zero-order valence-corrected chi connectivity index (χ0v) is 15.6. The van der Waals surface area contributed by atoms with Gasteiger partial charge in [-0.15, -0.1) is 0 Å². The van der Waals surface area contributed by atoms with Gasteiger partial charge in [0.25, 0.3) is 0 Å². The third kappa shape index (κ3) is 4.46. The second-order valence-electron chi connectivity index (χ2n) is 6.66. The van der Waals surface area contributed by atoms with Crippen molar-refractivity contribution >= 4 is 11.7 Å². The summed E-state index contributed by atoms with van der Waals surface area (Å²) in [6.07, 6.45) is 1.96. The van der Waals surface area contributed by atoms with Crippen molar-refractivity contribution in [3.63, 3.8) is 0 Å². The van der Waals surface area contributed by atoms with Gasteiger partial charge in [0.05, 0.1) is 6.42 Å². The van der Waals surface area contributed by atoms with Crippen molar-refractivity contribution in [1.29, 1.82) is 0 Å². The van der Waals surface area contributed by atoms with Crippen molar-refractivity contribution < 1.29 is 9.53 Å². The van der Waals surface area contributed by atoms with E-state index < -0.39 is 0 Å². The van der Waals surface area contributed by atoms with E-state index in [2.05, 4.69) is 14.9 Å². The van der Waals surface area contributed by atoms with Crippen molar-refractivity contribution in [3.05, 3.63) is 78.6 Å². The van der Waals surface area contributed by atoms with Gasteiger partial charge in [-0.3, -0.25) is 4.79 Å². The summed E-state index contributed by atoms with van der Waals surface area (Å²) in [5.41, 5.74) is 1.05. The van der Waals surface area contributed by atoms with E-state index in [9.17, 15) is 4.79 Å². The first-order valence-corrected chi connectivity index (χ1v) is 9.39. The summed E-state index contributed by atoms with van der Waals surface area (Å²) < 4.78 is 5.79. The first kappa shape index (κ1) is 18.0. The van der Waals surface area contributed by atoms with E-state index in [0.29, 0.717) is 25.4 Å². The fourth-order valence-corrected chi connectivity index (χ4v) is 3.24. The molecule has 142 valence electrons. The number of ether oxygens (including phenoxy) is 1. The quantitative estimate of drug-likeness (QED) is 0.687. The van der Waals surface area contributed by atoms with Crippen LogP contribution in [0.3, 0.4) is 0 Å². The van der Waals surface area contributed by atoms with E-state index in [-0.39, 0.29) is 5.91 Å². The molecule has 1 aromatic heterocycles. The highest BCUT2D eigenvalue weighted by atomic mass is 16.5. The van der Waals surface area contributed by atoms with E-state index in [1.807, 2.05) is 71.6 Å². The van der Waals surface area contributed by atoms with Gasteiger partial charge in [-0.25, -0.2) is 9.97 Å². The van der Waals surface area contributed by atoms with Gasteiger partial charge in [0.2, 0.25) is 11.8 Å². The average Bonchev–Trinajstić information content (AvgIpc) is 2.75. The van der Waals surface area contributed by atoms with Gasteiger partial charge in [0, 0.05) is 32.2 Å². The van der Waals surface area contributed by atoms with Gasteiger partial charge in [-0.1, -0.05) is 48.5 Å². The maximum atomic E-state index is 12.5. The smallest absolute Gasteiger partial charge is 0.227 e. The maximum absolute atomic E-state index is 12.5. The Hall–Kier alpha value is -3.41. The Balaban J connectivity index is 1.35. The molecule has 6 heteroatoms. The Bertz CT molecular complexity index is 910. The Labute approximate surface area is 164 Å². The molecular formula is C22H22N4O2. The number of rotatable bonds is 5. The number of nitrogens with zero attached hydrogens (tertiary/aromatic N) is 4. The van der Waals surface area contributed by atoms with Crippen LogP contribution in [0.1, 0.15) is 5.56 Å². The molecule has 0 saturated carbocycles. The van der Waals surface area contributed by atoms with Crippen molar-refractivity contribution in [3.8, 4) is 11.6 Å². The Kier molecular flexibility index (Phi) is 5.47. The van der Waals surface area contributed by atoms with Crippen LogP contribution in [0.4, 0.5) is 5.82 Å². The normalized spacial score (nSPS) is 14.0. The predicted molar refractivity (Wildman–Crippen MR) is 107 cm³/mol. The van der Waals surface area contributed by atoms with E-state index in [4.69, 9.17) is 4.74 Å². The monoisotopic (exact) mass is 374 g/mol. The molecule has 1 aliphatic heterocycles. The SMILES string of the molecule is O=C(Cc1ccccc1)N1CCN(c2cc(Oc3ccccc3)ncn2)CC1. The molecule has 2 aromatic carbocycles. The molecule has 28 heavy (non-hydrogen) atoms. The van der Waals surface area contributed by atoms with Gasteiger partial charge < -0.3 is 14.5 Å². The molecule has 6 nitrogen and oxygen atoms in total. The topological polar surface area (TPSA) is 58.6 Å². The van der Waals surface area contributed by atoms with Crippen LogP contribution < -0.4 is 9.64 Å². The molecule has 0 atom stereocenters. The summed E-state index contributed by atoms with van der Waals surface area (Å²) in [5.74, 6) is 2.24. The lowest BCUT2D eigenvalue weighted by atomic mass is 10.1. The zero-order valence-electron chi connectivity index (χ0n) is 15.6. The Morgan fingerprint density at radius 1 is 0.893 bits per heavy atom. The average molecular weight is 374 g/mol. The second kappa shape index (κ2) is 8.52. The van der Waals surface area contributed by atoms with Crippen LogP contribution in [0.5, 0.6) is 11.6 Å². The number of benzene rings is 2. The molecule has 1 fully saturated rings. The summed E-state index contributed by atoms with van der Waals surface area (Å²) in [4.78, 5) is 25.2. The predicted octanol–water partition coefficient (Wildman–Crippen LogP) is 3.16. The minimum Gasteiger partial charge on any atom is -0.439 e. The molecule has 4 rings (SSSR count). The molecule has 0 aliphatic carbocycles. The van der Waals surface area contributed by atoms with E-state index >= 15 is 0 Å². The highest BCUT2D eigenvalue weighted by Gasteiger charge is 2.22. The summed E-state index contributed by atoms with van der Waals surface area (Å²) >= 11 is 0. The zero-order chi connectivity index (χ0) is 19.2. The number of carbonyl (C=O) groups is 1. The standard InChI is InChI=1S/C22H22N4O2/c27-22(15-18-7-3-1-4-8-18)26-13-11-25(12-14-26)20-16-21(24-17-23-20)28-19-9-5-2-6-10-19/h1-10,16-17H,11-15H2. The number of carbonyl (C=O) groups excluding carboxylic acids is 1. The lowest BCUT2D eigenvalue weighted by Gasteiger charge is -2.35. The van der Waals surface area contributed by atoms with Gasteiger partial charge >= 0.3 is 0 Å². The molecule has 1 saturated heterocycles. The number of para-hydroxylation sites is 1. The molecule has 0 spiro atoms. The summed E-state index contributed by atoms with van der Waals surface area (Å²) in [6.45, 7) is 2.85. The van der Waals surface area contributed by atoms with Crippen LogP contribution >= 0.6 is 0 Å². The summed E-state index contributed by atoms with van der Waals surface area (Å²) in [6, 6.07) is 21.3. The molecule has 3 aromatic rings. The highest BCUT2D eigenvalue weighted by molar-refractivity contribution is 5.79. The van der Waals surface area contributed by atoms with E-state index in [1.165, 1.54) is 6.33 Å². The third-order valence-electron chi connectivity index (χ3n) is 4.75. The molecular weight excluding hydrogens is 352 g/mol. The molecule has 0 radical (unpaired) electrons. The fraction of sp³-hybridized carbons (Fsp3) is 0.227. The van der Waals surface area contributed by atoms with E-state index in [0.717, 1.165) is 30.2 Å². The van der Waals surface area contributed by atoms with Crippen LogP contribution in [0.25, 0.3) is 0 Å². The molecule has 0 unspecified atom stereocenters. The Morgan fingerprint density at radius 2 is 1.57 bits per heavy atom. The fourth-order valence-electron chi connectivity index (χ4n) is 3.24. The van der Waals surface area contributed by atoms with E-state index in [1.54, 1.807) is 0 Å². The van der Waals surface area contributed by atoms with Crippen molar-refractivity contribution in [1.82, 2.24) is 14.9 Å². The van der Waals surface area contributed by atoms with Crippen LogP contribution in [0.15, 0.2) is 73.1 Å². The van der Waals surface area contributed by atoms with Crippen molar-refractivity contribution in [2.24, 2.45) is 0 Å². The second-order valence-corrected chi connectivity index (χ2v) is 6.66. The van der Waals surface area contributed by atoms with Crippen LogP contribution in [-0.4, -0.2) is 47.0 Å². The molecule has 0 bridgehead atoms. The number of aromatic nitrogens is 2. The van der Waals surface area contributed by atoms with Crippen LogP contribution in [0.2, 0.25) is 0 Å². The highest BCUT2D eigenvalue weighted by Crippen LogP contribution is 2.22. The van der Waals surface area contributed by atoms with Crippen LogP contribution in [-0.2, 0) is 11.2 Å². The number of hydrogen-bond acceptors (Lipinski definition) is 5. The molecule has 2 heterocycles. The minimum absolute atomic E-state index is 0.168. The van der Waals surface area contributed by atoms with Gasteiger partial charge in [-0.05, 0) is 17.7 Å². The Morgan fingerprint density at radius 3 is 2.29 bits per heavy atom. The number of piperazine rings is 1.